The average Bonchev–Trinajstić information content (AvgIpc) is 3.31. The molecule has 1 amide bonds. The number of carbonyl (C=O) groups is 2. The van der Waals surface area contributed by atoms with E-state index >= 15 is 0 Å². The molecule has 5 rings (SSSR count). The maximum absolute atomic E-state index is 13.0. The zero-order chi connectivity index (χ0) is 25.6. The van der Waals surface area contributed by atoms with Crippen molar-refractivity contribution >= 4 is 23.3 Å². The fraction of sp³-hybridized carbons (Fsp3) is 0.100. The number of fused-ring (bicyclic) bond motifs is 1. The highest BCUT2D eigenvalue weighted by Crippen LogP contribution is 2.29. The Bertz CT molecular complexity index is 1520. The largest absolute Gasteiger partial charge is 0.480 e. The summed E-state index contributed by atoms with van der Waals surface area (Å²) in [7, 11) is 0. The molecule has 0 aliphatic carbocycles. The molecular formula is C30H26N4O3. The molecular weight excluding hydrogens is 464 g/mol. The van der Waals surface area contributed by atoms with Crippen LogP contribution in [0.3, 0.4) is 0 Å². The van der Waals surface area contributed by atoms with Gasteiger partial charge in [-0.05, 0) is 23.3 Å². The molecule has 0 spiro atoms. The van der Waals surface area contributed by atoms with Gasteiger partial charge in [-0.2, -0.15) is 0 Å². The normalized spacial score (nSPS) is 11.7. The van der Waals surface area contributed by atoms with Gasteiger partial charge in [0.1, 0.15) is 23.2 Å². The summed E-state index contributed by atoms with van der Waals surface area (Å²) < 4.78 is 1.90. The molecule has 0 saturated carbocycles. The minimum absolute atomic E-state index is 0.194. The Morgan fingerprint density at radius 2 is 1.46 bits per heavy atom. The van der Waals surface area contributed by atoms with E-state index in [1.165, 1.54) is 0 Å². The Morgan fingerprint density at radius 3 is 2.11 bits per heavy atom. The number of carbonyl (C=O) groups excluding carboxylic acids is 1. The van der Waals surface area contributed by atoms with Crippen molar-refractivity contribution in [3.8, 4) is 11.3 Å². The third kappa shape index (κ3) is 5.51. The van der Waals surface area contributed by atoms with E-state index in [1.54, 1.807) is 18.3 Å². The highest BCUT2D eigenvalue weighted by molar-refractivity contribution is 5.97. The molecule has 0 bridgehead atoms. The number of hydrogen-bond acceptors (Lipinski definition) is 4. The number of benzene rings is 3. The quantitative estimate of drug-likeness (QED) is 0.269. The van der Waals surface area contributed by atoms with Crippen LogP contribution in [0.15, 0.2) is 109 Å². The molecule has 2 heterocycles. The number of carboxylic acid groups (broad SMARTS) is 1. The summed E-state index contributed by atoms with van der Waals surface area (Å²) in [6.07, 6.45) is 1.98. The highest BCUT2D eigenvalue weighted by Gasteiger charge is 2.22. The molecule has 7 heteroatoms. The molecule has 0 aliphatic rings. The number of aromatic nitrogens is 2. The van der Waals surface area contributed by atoms with Crippen LogP contribution in [0, 0.1) is 0 Å². The van der Waals surface area contributed by atoms with Gasteiger partial charge in [-0.1, -0.05) is 91.0 Å². The van der Waals surface area contributed by atoms with Crippen molar-refractivity contribution < 1.29 is 14.7 Å². The van der Waals surface area contributed by atoms with Gasteiger partial charge in [0.2, 0.25) is 0 Å². The van der Waals surface area contributed by atoms with Crippen LogP contribution in [0.5, 0.6) is 0 Å². The van der Waals surface area contributed by atoms with Crippen LogP contribution in [0.4, 0.5) is 5.82 Å². The molecule has 1 unspecified atom stereocenters. The lowest BCUT2D eigenvalue weighted by atomic mass is 10.1. The maximum atomic E-state index is 13.0. The topological polar surface area (TPSA) is 95.7 Å². The Morgan fingerprint density at radius 1 is 0.838 bits per heavy atom. The lowest BCUT2D eigenvalue weighted by Gasteiger charge is -2.15. The number of aliphatic carboxylic acids is 1. The number of nitrogens with one attached hydrogen (secondary N) is 2. The molecule has 184 valence electrons. The number of pyridine rings is 1. The Hall–Kier alpha value is -4.91. The summed E-state index contributed by atoms with van der Waals surface area (Å²) in [5.41, 5.74) is 4.59. The van der Waals surface area contributed by atoms with Crippen LogP contribution >= 0.6 is 0 Å². The molecule has 0 fully saturated rings. The molecule has 37 heavy (non-hydrogen) atoms. The van der Waals surface area contributed by atoms with Gasteiger partial charge in [-0.3, -0.25) is 9.20 Å². The smallest absolute Gasteiger partial charge is 0.326 e. The van der Waals surface area contributed by atoms with Crippen molar-refractivity contribution in [2.24, 2.45) is 0 Å². The van der Waals surface area contributed by atoms with Crippen molar-refractivity contribution in [2.45, 2.75) is 19.0 Å². The van der Waals surface area contributed by atoms with E-state index in [0.29, 0.717) is 17.8 Å². The number of imidazole rings is 1. The van der Waals surface area contributed by atoms with Crippen LogP contribution < -0.4 is 10.6 Å². The first-order valence-electron chi connectivity index (χ1n) is 12.0. The number of amides is 1. The zero-order valence-electron chi connectivity index (χ0n) is 20.0. The lowest BCUT2D eigenvalue weighted by Crippen LogP contribution is -2.42. The van der Waals surface area contributed by atoms with Gasteiger partial charge < -0.3 is 15.7 Å². The van der Waals surface area contributed by atoms with Crippen molar-refractivity contribution in [2.75, 3.05) is 5.32 Å². The molecule has 2 aromatic heterocycles. The first-order chi connectivity index (χ1) is 18.1. The average molecular weight is 491 g/mol. The third-order valence-electron chi connectivity index (χ3n) is 6.12. The molecule has 0 aliphatic heterocycles. The van der Waals surface area contributed by atoms with Gasteiger partial charge in [0, 0.05) is 30.3 Å². The minimum Gasteiger partial charge on any atom is -0.480 e. The van der Waals surface area contributed by atoms with Crippen LogP contribution in [-0.2, 0) is 17.8 Å². The number of hydrogen-bond donors (Lipinski definition) is 3. The summed E-state index contributed by atoms with van der Waals surface area (Å²) in [6.45, 7) is 0.608. The van der Waals surface area contributed by atoms with Crippen LogP contribution in [0.25, 0.3) is 16.9 Å². The molecule has 3 aromatic carbocycles. The zero-order valence-corrected chi connectivity index (χ0v) is 20.0. The van der Waals surface area contributed by atoms with Gasteiger partial charge >= 0.3 is 5.97 Å². The Kier molecular flexibility index (Phi) is 6.94. The second kappa shape index (κ2) is 10.8. The Labute approximate surface area is 214 Å². The van der Waals surface area contributed by atoms with E-state index in [0.717, 1.165) is 28.2 Å². The summed E-state index contributed by atoms with van der Waals surface area (Å²) >= 11 is 0. The molecule has 7 nitrogen and oxygen atoms in total. The van der Waals surface area contributed by atoms with E-state index in [9.17, 15) is 14.7 Å². The van der Waals surface area contributed by atoms with Crippen LogP contribution in [0.1, 0.15) is 21.5 Å². The fourth-order valence-electron chi connectivity index (χ4n) is 4.23. The molecule has 1 atom stereocenters. The predicted octanol–water partition coefficient (Wildman–Crippen LogP) is 5.04. The number of carboxylic acids is 1. The molecule has 3 N–H and O–H groups in total. The van der Waals surface area contributed by atoms with Gasteiger partial charge in [-0.25, -0.2) is 9.78 Å². The predicted molar refractivity (Wildman–Crippen MR) is 143 cm³/mol. The maximum Gasteiger partial charge on any atom is 0.326 e. The fourth-order valence-corrected chi connectivity index (χ4v) is 4.23. The van der Waals surface area contributed by atoms with Gasteiger partial charge in [-0.15, -0.1) is 0 Å². The first-order valence-corrected chi connectivity index (χ1v) is 12.0. The van der Waals surface area contributed by atoms with E-state index in [4.69, 9.17) is 4.98 Å². The van der Waals surface area contributed by atoms with Crippen molar-refractivity contribution in [1.82, 2.24) is 14.7 Å². The summed E-state index contributed by atoms with van der Waals surface area (Å²) in [5, 5.41) is 15.8. The van der Waals surface area contributed by atoms with Gasteiger partial charge in [0.25, 0.3) is 5.91 Å². The second-order valence-electron chi connectivity index (χ2n) is 8.71. The van der Waals surface area contributed by atoms with Crippen molar-refractivity contribution in [3.63, 3.8) is 0 Å². The summed E-state index contributed by atoms with van der Waals surface area (Å²) in [6, 6.07) is 31.5. The van der Waals surface area contributed by atoms with E-state index in [1.807, 2.05) is 83.3 Å². The number of nitrogens with zero attached hydrogens (tertiary/aromatic N) is 2. The van der Waals surface area contributed by atoms with E-state index in [2.05, 4.69) is 22.8 Å². The number of rotatable bonds is 9. The second-order valence-corrected chi connectivity index (χ2v) is 8.71. The molecule has 5 aromatic rings. The van der Waals surface area contributed by atoms with E-state index < -0.39 is 17.9 Å². The standard InChI is InChI=1S/C30H26N4O3/c35-29(32-25(30(36)37)18-21-10-4-1-5-11-21)24-16-17-34-26(19-24)33-27(23-14-8-3-9-15-23)28(34)31-20-22-12-6-2-7-13-22/h1-17,19,25,31H,18,20H2,(H,32,35)(H,36,37). The monoisotopic (exact) mass is 490 g/mol. The third-order valence-corrected chi connectivity index (χ3v) is 6.12. The van der Waals surface area contributed by atoms with Gasteiger partial charge in [0.05, 0.1) is 0 Å². The molecule has 0 radical (unpaired) electrons. The first kappa shape index (κ1) is 23.8. The minimum atomic E-state index is -1.09. The SMILES string of the molecule is O=C(NC(Cc1ccccc1)C(=O)O)c1ccn2c(NCc3ccccc3)c(-c3ccccc3)nc2c1. The summed E-state index contributed by atoms with van der Waals surface area (Å²) in [4.78, 5) is 29.7. The van der Waals surface area contributed by atoms with Crippen LogP contribution in [-0.4, -0.2) is 32.4 Å². The van der Waals surface area contributed by atoms with Crippen molar-refractivity contribution in [1.29, 1.82) is 0 Å². The van der Waals surface area contributed by atoms with Crippen LogP contribution in [0.2, 0.25) is 0 Å². The number of anilines is 1. The summed E-state index contributed by atoms with van der Waals surface area (Å²) in [5.74, 6) is -0.740. The highest BCUT2D eigenvalue weighted by atomic mass is 16.4. The molecule has 0 saturated heterocycles. The Balaban J connectivity index is 1.44. The lowest BCUT2D eigenvalue weighted by molar-refractivity contribution is -0.139. The van der Waals surface area contributed by atoms with E-state index in [-0.39, 0.29) is 6.42 Å². The van der Waals surface area contributed by atoms with Crippen molar-refractivity contribution in [3.05, 3.63) is 126 Å². The van der Waals surface area contributed by atoms with Gasteiger partial charge in [0.15, 0.2) is 0 Å².